The van der Waals surface area contributed by atoms with Crippen molar-refractivity contribution in [3.8, 4) is 0 Å². The fourth-order valence-electron chi connectivity index (χ4n) is 2.38. The van der Waals surface area contributed by atoms with Gasteiger partial charge >= 0.3 is 0 Å². The molecule has 0 radical (unpaired) electrons. The molecule has 112 valence electrons. The lowest BCUT2D eigenvalue weighted by molar-refractivity contribution is 0.262. The number of anilines is 1. The molecule has 1 heterocycles. The third-order valence-electron chi connectivity index (χ3n) is 3.83. The Kier molecular flexibility index (Phi) is 5.43. The van der Waals surface area contributed by atoms with Gasteiger partial charge in [-0.3, -0.25) is 4.79 Å². The van der Waals surface area contributed by atoms with E-state index < -0.39 is 0 Å². The van der Waals surface area contributed by atoms with E-state index in [9.17, 15) is 4.79 Å². The van der Waals surface area contributed by atoms with Crippen LogP contribution >= 0.6 is 11.6 Å². The smallest absolute Gasteiger partial charge is 0.291 e. The molecule has 20 heavy (non-hydrogen) atoms. The molecule has 2 rings (SSSR count). The molecule has 0 bridgehead atoms. The summed E-state index contributed by atoms with van der Waals surface area (Å²) in [6.07, 6.45) is 5.21. The van der Waals surface area contributed by atoms with Crippen LogP contribution in [-0.4, -0.2) is 29.9 Å². The van der Waals surface area contributed by atoms with E-state index in [0.717, 1.165) is 6.54 Å². The minimum absolute atomic E-state index is 0.110. The highest BCUT2D eigenvalue weighted by molar-refractivity contribution is 6.32. The third-order valence-corrected chi connectivity index (χ3v) is 4.12. The number of nitrogens with zero attached hydrogens (tertiary/aromatic N) is 2. The van der Waals surface area contributed by atoms with Gasteiger partial charge in [0.05, 0.1) is 11.2 Å². The first-order chi connectivity index (χ1) is 9.61. The van der Waals surface area contributed by atoms with Gasteiger partial charge in [-0.25, -0.2) is 4.68 Å². The summed E-state index contributed by atoms with van der Waals surface area (Å²) in [6, 6.07) is 0. The Bertz CT molecular complexity index is 498. The first-order valence-corrected chi connectivity index (χ1v) is 7.63. The van der Waals surface area contributed by atoms with Crippen LogP contribution in [0.1, 0.15) is 26.2 Å². The topological polar surface area (TPSA) is 59.0 Å². The maximum Gasteiger partial charge on any atom is 0.291 e. The fraction of sp³-hybridized carbons (Fsp3) is 0.714. The molecular weight excluding hydrogens is 276 g/mol. The quantitative estimate of drug-likeness (QED) is 0.808. The molecule has 1 fully saturated rings. The summed E-state index contributed by atoms with van der Waals surface area (Å²) >= 11 is 6.09. The molecule has 2 N–H and O–H groups in total. The van der Waals surface area contributed by atoms with Crippen molar-refractivity contribution in [3.05, 3.63) is 21.6 Å². The van der Waals surface area contributed by atoms with Crippen molar-refractivity contribution >= 4 is 17.3 Å². The average molecular weight is 299 g/mol. The van der Waals surface area contributed by atoms with Crippen molar-refractivity contribution in [2.24, 2.45) is 11.8 Å². The van der Waals surface area contributed by atoms with E-state index >= 15 is 0 Å². The first kappa shape index (κ1) is 15.3. The Labute approximate surface area is 124 Å². The van der Waals surface area contributed by atoms with Gasteiger partial charge in [0.2, 0.25) is 0 Å². The van der Waals surface area contributed by atoms with Crippen molar-refractivity contribution < 1.29 is 0 Å². The van der Waals surface area contributed by atoms with Crippen LogP contribution in [0.2, 0.25) is 5.02 Å². The van der Waals surface area contributed by atoms with E-state index in [4.69, 9.17) is 11.6 Å². The monoisotopic (exact) mass is 298 g/mol. The zero-order valence-corrected chi connectivity index (χ0v) is 12.9. The van der Waals surface area contributed by atoms with Crippen molar-refractivity contribution in [3.63, 3.8) is 0 Å². The Balaban J connectivity index is 2.06. The summed E-state index contributed by atoms with van der Waals surface area (Å²) in [7, 11) is 1.92. The molecule has 1 aromatic rings. The molecule has 0 saturated heterocycles. The molecule has 1 atom stereocenters. The van der Waals surface area contributed by atoms with Crippen LogP contribution in [0.25, 0.3) is 0 Å². The van der Waals surface area contributed by atoms with Crippen molar-refractivity contribution in [1.82, 2.24) is 15.1 Å². The number of aromatic nitrogens is 2. The maximum absolute atomic E-state index is 12.4. The highest BCUT2D eigenvalue weighted by atomic mass is 35.5. The van der Waals surface area contributed by atoms with Crippen molar-refractivity contribution in [2.75, 3.05) is 25.5 Å². The van der Waals surface area contributed by atoms with Crippen LogP contribution in [0.3, 0.4) is 0 Å². The number of hydrogen-bond donors (Lipinski definition) is 2. The van der Waals surface area contributed by atoms with Crippen LogP contribution in [0.5, 0.6) is 0 Å². The van der Waals surface area contributed by atoms with E-state index in [0.29, 0.717) is 35.6 Å². The molecule has 5 nitrogen and oxygen atoms in total. The first-order valence-electron chi connectivity index (χ1n) is 7.26. The van der Waals surface area contributed by atoms with Gasteiger partial charge in [-0.2, -0.15) is 5.10 Å². The standard InChI is InChI=1S/C14H23ClN4O/c1-10(6-16-2)7-17-13-12(15)8-18-19(14(13)20)9-11-4-3-5-11/h8,10-11,16-17H,3-7,9H2,1-2H3. The second-order valence-electron chi connectivity index (χ2n) is 5.70. The molecule has 1 unspecified atom stereocenters. The maximum atomic E-state index is 12.4. The van der Waals surface area contributed by atoms with Gasteiger partial charge in [-0.05, 0) is 38.3 Å². The molecule has 1 saturated carbocycles. The van der Waals surface area contributed by atoms with Gasteiger partial charge in [0.15, 0.2) is 0 Å². The van der Waals surface area contributed by atoms with Gasteiger partial charge in [0.25, 0.3) is 5.56 Å². The summed E-state index contributed by atoms with van der Waals surface area (Å²) in [5.74, 6) is 1.01. The average Bonchev–Trinajstić information content (AvgIpc) is 2.36. The second-order valence-corrected chi connectivity index (χ2v) is 6.10. The van der Waals surface area contributed by atoms with Gasteiger partial charge in [-0.1, -0.05) is 24.9 Å². The summed E-state index contributed by atoms with van der Waals surface area (Å²) in [6.45, 7) is 4.43. The summed E-state index contributed by atoms with van der Waals surface area (Å²) in [4.78, 5) is 12.4. The van der Waals surface area contributed by atoms with Gasteiger partial charge in [0, 0.05) is 13.1 Å². The molecule has 0 aromatic carbocycles. The molecule has 1 aliphatic carbocycles. The van der Waals surface area contributed by atoms with E-state index in [1.165, 1.54) is 19.3 Å². The molecular formula is C14H23ClN4O. The number of nitrogens with one attached hydrogen (secondary N) is 2. The Morgan fingerprint density at radius 2 is 2.25 bits per heavy atom. The number of hydrogen-bond acceptors (Lipinski definition) is 4. The lowest BCUT2D eigenvalue weighted by atomic mass is 9.85. The van der Waals surface area contributed by atoms with Crippen LogP contribution < -0.4 is 16.2 Å². The Hall–Kier alpha value is -1.07. The predicted octanol–water partition coefficient (Wildman–Crippen LogP) is 1.96. The Morgan fingerprint density at radius 1 is 1.50 bits per heavy atom. The van der Waals surface area contributed by atoms with Crippen LogP contribution in [0.4, 0.5) is 5.69 Å². The SMILES string of the molecule is CNCC(C)CNc1c(Cl)cnn(CC2CCC2)c1=O. The summed E-state index contributed by atoms with van der Waals surface area (Å²) < 4.78 is 1.54. The zero-order chi connectivity index (χ0) is 14.5. The van der Waals surface area contributed by atoms with Gasteiger partial charge < -0.3 is 10.6 Å². The summed E-state index contributed by atoms with van der Waals surface area (Å²) in [5.41, 5.74) is 0.366. The highest BCUT2D eigenvalue weighted by Crippen LogP contribution is 2.27. The molecule has 1 aromatic heterocycles. The van der Waals surface area contributed by atoms with Crippen LogP contribution in [0.15, 0.2) is 11.0 Å². The second kappa shape index (κ2) is 7.09. The molecule has 0 spiro atoms. The van der Waals surface area contributed by atoms with E-state index in [-0.39, 0.29) is 5.56 Å². The Morgan fingerprint density at radius 3 is 2.85 bits per heavy atom. The largest absolute Gasteiger partial charge is 0.379 e. The number of rotatable bonds is 7. The van der Waals surface area contributed by atoms with E-state index in [1.807, 2.05) is 7.05 Å². The normalized spacial score (nSPS) is 16.8. The van der Waals surface area contributed by atoms with Crippen molar-refractivity contribution in [1.29, 1.82) is 0 Å². The third kappa shape index (κ3) is 3.73. The highest BCUT2D eigenvalue weighted by Gasteiger charge is 2.20. The minimum Gasteiger partial charge on any atom is -0.379 e. The van der Waals surface area contributed by atoms with Gasteiger partial charge in [0.1, 0.15) is 5.69 Å². The van der Waals surface area contributed by atoms with E-state index in [1.54, 1.807) is 10.9 Å². The lowest BCUT2D eigenvalue weighted by Crippen LogP contribution is -2.32. The number of halogens is 1. The van der Waals surface area contributed by atoms with Gasteiger partial charge in [-0.15, -0.1) is 0 Å². The fourth-order valence-corrected chi connectivity index (χ4v) is 2.57. The van der Waals surface area contributed by atoms with Crippen LogP contribution in [0, 0.1) is 11.8 Å². The lowest BCUT2D eigenvalue weighted by Gasteiger charge is -2.25. The molecule has 0 amide bonds. The van der Waals surface area contributed by atoms with E-state index in [2.05, 4.69) is 22.7 Å². The minimum atomic E-state index is -0.110. The molecule has 1 aliphatic rings. The summed E-state index contributed by atoms with van der Waals surface area (Å²) in [5, 5.41) is 10.8. The molecule has 6 heteroatoms. The molecule has 0 aliphatic heterocycles. The van der Waals surface area contributed by atoms with Crippen molar-refractivity contribution in [2.45, 2.75) is 32.7 Å². The van der Waals surface area contributed by atoms with Crippen LogP contribution in [-0.2, 0) is 6.54 Å². The predicted molar refractivity (Wildman–Crippen MR) is 82.4 cm³/mol. The zero-order valence-electron chi connectivity index (χ0n) is 12.2.